The van der Waals surface area contributed by atoms with E-state index in [1.54, 1.807) is 6.92 Å². The van der Waals surface area contributed by atoms with Crippen LogP contribution in [0.5, 0.6) is 0 Å². The average molecular weight is 165 g/mol. The number of carbonyl (C=O) groups is 1. The zero-order chi connectivity index (χ0) is 9.52. The Morgan fingerprint density at radius 1 is 1.58 bits per heavy atom. The largest absolute Gasteiger partial charge is 0.352 e. The van der Waals surface area contributed by atoms with Gasteiger partial charge in [-0.15, -0.1) is 0 Å². The fraction of sp³-hybridized carbons (Fsp3) is 0.500. The van der Waals surface area contributed by atoms with Crippen LogP contribution in [0, 0.1) is 5.41 Å². The van der Waals surface area contributed by atoms with Crippen molar-refractivity contribution in [3.8, 4) is 0 Å². The molecule has 0 amide bonds. The third kappa shape index (κ3) is 0.986. The number of hydrogen-bond donors (Lipinski definition) is 0. The zero-order valence-electron chi connectivity index (χ0n) is 7.98. The van der Waals surface area contributed by atoms with Gasteiger partial charge in [0.15, 0.2) is 0 Å². The van der Waals surface area contributed by atoms with Gasteiger partial charge in [-0.25, -0.2) is 0 Å². The molecule has 0 aromatic carbocycles. The van der Waals surface area contributed by atoms with Gasteiger partial charge >= 0.3 is 0 Å². The Hall–Kier alpha value is -1.05. The topological polar surface area (TPSA) is 20.3 Å². The van der Waals surface area contributed by atoms with E-state index in [0.717, 1.165) is 11.4 Å². The Kier molecular flexibility index (Phi) is 1.86. The SMILES string of the molecule is C=C1CC(C)(C(C)=O)C(=C)N1C. The predicted octanol–water partition coefficient (Wildman–Crippen LogP) is 1.94. The second-order valence-corrected chi connectivity index (χ2v) is 3.64. The molecule has 1 fully saturated rings. The zero-order valence-corrected chi connectivity index (χ0v) is 7.98. The maximum Gasteiger partial charge on any atom is 0.141 e. The lowest BCUT2D eigenvalue weighted by molar-refractivity contribution is -0.123. The molecule has 0 radical (unpaired) electrons. The van der Waals surface area contributed by atoms with E-state index >= 15 is 0 Å². The molecule has 1 aliphatic heterocycles. The van der Waals surface area contributed by atoms with E-state index in [1.165, 1.54) is 0 Å². The normalized spacial score (nSPS) is 29.8. The van der Waals surface area contributed by atoms with Gasteiger partial charge in [0.2, 0.25) is 0 Å². The highest BCUT2D eigenvalue weighted by atomic mass is 16.1. The molecule has 1 saturated heterocycles. The van der Waals surface area contributed by atoms with E-state index in [1.807, 2.05) is 18.9 Å². The highest BCUT2D eigenvalue weighted by Gasteiger charge is 2.41. The molecule has 0 aromatic rings. The first-order chi connectivity index (χ1) is 5.39. The summed E-state index contributed by atoms with van der Waals surface area (Å²) in [4.78, 5) is 13.2. The van der Waals surface area contributed by atoms with Gasteiger partial charge in [0, 0.05) is 24.9 Å². The van der Waals surface area contributed by atoms with Gasteiger partial charge in [-0.3, -0.25) is 4.79 Å². The first-order valence-electron chi connectivity index (χ1n) is 4.01. The van der Waals surface area contributed by atoms with Gasteiger partial charge in [0.25, 0.3) is 0 Å². The summed E-state index contributed by atoms with van der Waals surface area (Å²) in [6.07, 6.45) is 0.706. The van der Waals surface area contributed by atoms with Gasteiger partial charge in [-0.05, 0) is 13.8 Å². The Morgan fingerprint density at radius 2 is 2.08 bits per heavy atom. The van der Waals surface area contributed by atoms with Crippen LogP contribution in [-0.2, 0) is 4.79 Å². The molecule has 1 rings (SSSR count). The number of Topliss-reactive ketones (excluding diaryl/α,β-unsaturated/α-hetero) is 1. The van der Waals surface area contributed by atoms with Crippen molar-refractivity contribution in [2.75, 3.05) is 7.05 Å². The van der Waals surface area contributed by atoms with E-state index in [4.69, 9.17) is 0 Å². The number of rotatable bonds is 1. The third-order valence-corrected chi connectivity index (χ3v) is 2.85. The number of hydrogen-bond acceptors (Lipinski definition) is 2. The molecule has 0 saturated carbocycles. The van der Waals surface area contributed by atoms with E-state index in [0.29, 0.717) is 6.42 Å². The molecular weight excluding hydrogens is 150 g/mol. The van der Waals surface area contributed by atoms with Crippen LogP contribution >= 0.6 is 0 Å². The van der Waals surface area contributed by atoms with Crippen molar-refractivity contribution in [2.24, 2.45) is 5.41 Å². The molecule has 2 heteroatoms. The lowest BCUT2D eigenvalue weighted by Gasteiger charge is -2.22. The van der Waals surface area contributed by atoms with Gasteiger partial charge in [-0.2, -0.15) is 0 Å². The van der Waals surface area contributed by atoms with Gasteiger partial charge in [-0.1, -0.05) is 13.2 Å². The minimum atomic E-state index is -0.411. The summed E-state index contributed by atoms with van der Waals surface area (Å²) in [5.74, 6) is 0.165. The van der Waals surface area contributed by atoms with Crippen LogP contribution in [0.25, 0.3) is 0 Å². The fourth-order valence-corrected chi connectivity index (χ4v) is 1.52. The second kappa shape index (κ2) is 2.47. The summed E-state index contributed by atoms with van der Waals surface area (Å²) in [7, 11) is 1.90. The van der Waals surface area contributed by atoms with Gasteiger partial charge in [0.1, 0.15) is 5.78 Å². The van der Waals surface area contributed by atoms with Crippen molar-refractivity contribution in [3.05, 3.63) is 24.6 Å². The molecule has 1 unspecified atom stereocenters. The molecule has 0 spiro atoms. The number of allylic oxidation sites excluding steroid dienone is 2. The monoisotopic (exact) mass is 165 g/mol. The maximum atomic E-state index is 11.3. The predicted molar refractivity (Wildman–Crippen MR) is 49.4 cm³/mol. The lowest BCUT2D eigenvalue weighted by atomic mass is 9.83. The minimum absolute atomic E-state index is 0.165. The van der Waals surface area contributed by atoms with Crippen molar-refractivity contribution >= 4 is 5.78 Å². The van der Waals surface area contributed by atoms with E-state index in [9.17, 15) is 4.79 Å². The van der Waals surface area contributed by atoms with Crippen LogP contribution < -0.4 is 0 Å². The Balaban J connectivity index is 3.05. The average Bonchev–Trinajstić information content (AvgIpc) is 2.17. The van der Waals surface area contributed by atoms with Crippen LogP contribution in [-0.4, -0.2) is 17.7 Å². The summed E-state index contributed by atoms with van der Waals surface area (Å²) in [5, 5.41) is 0. The Labute approximate surface area is 73.6 Å². The van der Waals surface area contributed by atoms with Crippen LogP contribution in [0.2, 0.25) is 0 Å². The molecule has 2 nitrogen and oxygen atoms in total. The molecule has 0 aromatic heterocycles. The Bertz CT molecular complexity index is 265. The summed E-state index contributed by atoms with van der Waals surface area (Å²) in [6, 6.07) is 0. The Morgan fingerprint density at radius 3 is 2.25 bits per heavy atom. The van der Waals surface area contributed by atoms with Crippen LogP contribution in [0.4, 0.5) is 0 Å². The van der Waals surface area contributed by atoms with Crippen LogP contribution in [0.1, 0.15) is 20.3 Å². The van der Waals surface area contributed by atoms with Crippen molar-refractivity contribution in [1.82, 2.24) is 4.90 Å². The molecule has 0 bridgehead atoms. The third-order valence-electron chi connectivity index (χ3n) is 2.85. The number of ketones is 1. The minimum Gasteiger partial charge on any atom is -0.352 e. The number of carbonyl (C=O) groups excluding carboxylic acids is 1. The molecule has 66 valence electrons. The highest BCUT2D eigenvalue weighted by molar-refractivity contribution is 5.86. The standard InChI is InChI=1S/C10H15NO/c1-7-6-10(4,9(3)12)8(2)11(7)5/h1-2,6H2,3-5H3. The van der Waals surface area contributed by atoms with E-state index < -0.39 is 5.41 Å². The quantitative estimate of drug-likeness (QED) is 0.592. The smallest absolute Gasteiger partial charge is 0.141 e. The summed E-state index contributed by atoms with van der Waals surface area (Å²) in [5.41, 5.74) is 1.42. The lowest BCUT2D eigenvalue weighted by Crippen LogP contribution is -2.25. The summed E-state index contributed by atoms with van der Waals surface area (Å²) in [6.45, 7) is 11.3. The van der Waals surface area contributed by atoms with Crippen LogP contribution in [0.15, 0.2) is 24.6 Å². The molecule has 12 heavy (non-hydrogen) atoms. The molecular formula is C10H15NO. The fourth-order valence-electron chi connectivity index (χ4n) is 1.52. The number of nitrogens with zero attached hydrogens (tertiary/aromatic N) is 1. The van der Waals surface area contributed by atoms with Crippen molar-refractivity contribution < 1.29 is 4.79 Å². The molecule has 0 aliphatic carbocycles. The molecule has 0 N–H and O–H groups in total. The maximum absolute atomic E-state index is 11.3. The van der Waals surface area contributed by atoms with Gasteiger partial charge in [0.05, 0.1) is 5.41 Å². The number of likely N-dealkylation sites (tertiary alicyclic amines) is 1. The summed E-state index contributed by atoms with van der Waals surface area (Å²) >= 11 is 0. The van der Waals surface area contributed by atoms with Crippen molar-refractivity contribution in [1.29, 1.82) is 0 Å². The van der Waals surface area contributed by atoms with Gasteiger partial charge < -0.3 is 4.90 Å². The highest BCUT2D eigenvalue weighted by Crippen LogP contribution is 2.43. The van der Waals surface area contributed by atoms with Crippen molar-refractivity contribution in [3.63, 3.8) is 0 Å². The first kappa shape index (κ1) is 9.04. The van der Waals surface area contributed by atoms with Crippen LogP contribution in [0.3, 0.4) is 0 Å². The first-order valence-corrected chi connectivity index (χ1v) is 4.01. The second-order valence-electron chi connectivity index (χ2n) is 3.64. The van der Waals surface area contributed by atoms with Crippen molar-refractivity contribution in [2.45, 2.75) is 20.3 Å². The molecule has 1 atom stereocenters. The van der Waals surface area contributed by atoms with E-state index in [-0.39, 0.29) is 5.78 Å². The molecule has 1 aliphatic rings. The molecule has 1 heterocycles. The summed E-state index contributed by atoms with van der Waals surface area (Å²) < 4.78 is 0. The van der Waals surface area contributed by atoms with E-state index in [2.05, 4.69) is 13.2 Å².